The minimum atomic E-state index is -0.683. The van der Waals surface area contributed by atoms with Gasteiger partial charge in [-0.15, -0.1) is 17.7 Å². The summed E-state index contributed by atoms with van der Waals surface area (Å²) >= 11 is 1.34. The molecule has 2 aromatic carbocycles. The van der Waals surface area contributed by atoms with Crippen LogP contribution in [0.5, 0.6) is 5.75 Å². The first-order valence-electron chi connectivity index (χ1n) is 12.1. The van der Waals surface area contributed by atoms with Crippen molar-refractivity contribution in [3.63, 3.8) is 0 Å². The lowest BCUT2D eigenvalue weighted by Crippen LogP contribution is -2.30. The molecule has 198 valence electrons. The fourth-order valence-electron chi connectivity index (χ4n) is 3.71. The fourth-order valence-corrected chi connectivity index (χ4v) is 4.78. The summed E-state index contributed by atoms with van der Waals surface area (Å²) in [5.41, 5.74) is 8.40. The number of benzene rings is 2. The number of nitrogens with two attached hydrogens (primary N) is 1. The van der Waals surface area contributed by atoms with E-state index in [0.29, 0.717) is 49.2 Å². The predicted molar refractivity (Wildman–Crippen MR) is 146 cm³/mol. The number of primary amides is 1. The zero-order valence-corrected chi connectivity index (χ0v) is 21.8. The molecule has 1 atom stereocenters. The van der Waals surface area contributed by atoms with Crippen molar-refractivity contribution in [3.05, 3.63) is 65.9 Å². The highest BCUT2D eigenvalue weighted by Gasteiger charge is 2.19. The lowest BCUT2D eigenvalue weighted by Gasteiger charge is -2.15. The van der Waals surface area contributed by atoms with Crippen LogP contribution < -0.4 is 21.3 Å². The van der Waals surface area contributed by atoms with Crippen molar-refractivity contribution in [2.45, 2.75) is 42.8 Å². The highest BCUT2D eigenvalue weighted by molar-refractivity contribution is 8.00. The van der Waals surface area contributed by atoms with E-state index >= 15 is 0 Å². The smallest absolute Gasteiger partial charge is 0.267 e. The molecular formula is C28H30N4O5S. The molecule has 1 unspecified atom stereocenters. The number of thioether (sulfide) groups is 1. The molecule has 0 radical (unpaired) electrons. The Balaban J connectivity index is 1.47. The minimum absolute atomic E-state index is 0.0216. The minimum Gasteiger partial charge on any atom is -0.481 e. The van der Waals surface area contributed by atoms with Gasteiger partial charge >= 0.3 is 0 Å². The van der Waals surface area contributed by atoms with Crippen LogP contribution in [0.15, 0.2) is 59.5 Å². The molecule has 0 spiro atoms. The Morgan fingerprint density at radius 1 is 1.13 bits per heavy atom. The quantitative estimate of drug-likeness (QED) is 0.0866. The van der Waals surface area contributed by atoms with E-state index in [1.165, 1.54) is 11.8 Å². The van der Waals surface area contributed by atoms with E-state index < -0.39 is 17.1 Å². The summed E-state index contributed by atoms with van der Waals surface area (Å²) in [5, 5.41) is 12.3. The Morgan fingerprint density at radius 3 is 2.61 bits per heavy atom. The molecule has 0 saturated heterocycles. The van der Waals surface area contributed by atoms with Crippen molar-refractivity contribution in [1.82, 2.24) is 15.8 Å². The van der Waals surface area contributed by atoms with Crippen molar-refractivity contribution in [2.75, 3.05) is 13.2 Å². The van der Waals surface area contributed by atoms with Crippen LogP contribution in [-0.4, -0.2) is 46.3 Å². The number of carbonyl (C=O) groups excluding carboxylic acids is 3. The van der Waals surface area contributed by atoms with E-state index in [1.807, 2.05) is 30.3 Å². The number of ether oxygens (including phenoxy) is 1. The first-order valence-corrected chi connectivity index (χ1v) is 13.0. The number of nitrogens with one attached hydrogen (secondary N) is 2. The molecule has 0 aliphatic carbocycles. The number of aromatic nitrogens is 1. The number of pyridine rings is 1. The molecule has 3 aromatic rings. The van der Waals surface area contributed by atoms with Crippen molar-refractivity contribution in [2.24, 2.45) is 5.73 Å². The van der Waals surface area contributed by atoms with E-state index in [2.05, 4.69) is 22.1 Å². The number of hydrogen-bond donors (Lipinski definition) is 4. The van der Waals surface area contributed by atoms with Crippen LogP contribution in [0.3, 0.4) is 0 Å². The molecular weight excluding hydrogens is 504 g/mol. The van der Waals surface area contributed by atoms with Crippen LogP contribution >= 0.6 is 11.8 Å². The van der Waals surface area contributed by atoms with Gasteiger partial charge in [0, 0.05) is 16.8 Å². The number of para-hydroxylation sites is 1. The zero-order valence-electron chi connectivity index (χ0n) is 21.0. The van der Waals surface area contributed by atoms with Gasteiger partial charge in [0.1, 0.15) is 18.1 Å². The molecule has 0 saturated carbocycles. The summed E-state index contributed by atoms with van der Waals surface area (Å²) in [6.07, 6.45) is 1.75. The average molecular weight is 535 g/mol. The molecule has 10 heteroatoms. The largest absolute Gasteiger partial charge is 0.481 e. The lowest BCUT2D eigenvalue weighted by atomic mass is 10.1. The number of unbranched alkanes of at least 4 members (excludes halogenated alkanes) is 1. The molecule has 9 nitrogen and oxygen atoms in total. The van der Waals surface area contributed by atoms with E-state index in [4.69, 9.17) is 15.7 Å². The van der Waals surface area contributed by atoms with Crippen LogP contribution in [0.1, 0.15) is 42.2 Å². The predicted octanol–water partition coefficient (Wildman–Crippen LogP) is 3.23. The van der Waals surface area contributed by atoms with Crippen molar-refractivity contribution < 1.29 is 24.3 Å². The molecule has 0 bridgehead atoms. The molecule has 5 N–H and O–H groups in total. The highest BCUT2D eigenvalue weighted by atomic mass is 32.2. The molecule has 38 heavy (non-hydrogen) atoms. The van der Waals surface area contributed by atoms with Crippen LogP contribution in [0.4, 0.5) is 0 Å². The van der Waals surface area contributed by atoms with E-state index in [1.54, 1.807) is 36.7 Å². The Labute approximate surface area is 225 Å². The molecule has 0 aliphatic rings. The van der Waals surface area contributed by atoms with E-state index in [9.17, 15) is 14.4 Å². The lowest BCUT2D eigenvalue weighted by molar-refractivity contribution is -0.128. The first kappa shape index (κ1) is 28.5. The van der Waals surface area contributed by atoms with Crippen LogP contribution in [0.2, 0.25) is 0 Å². The number of hydroxylamine groups is 1. The van der Waals surface area contributed by atoms with Gasteiger partial charge < -0.3 is 15.8 Å². The Morgan fingerprint density at radius 2 is 1.89 bits per heavy atom. The van der Waals surface area contributed by atoms with Gasteiger partial charge in [-0.05, 0) is 61.7 Å². The van der Waals surface area contributed by atoms with Crippen molar-refractivity contribution in [3.8, 4) is 17.6 Å². The average Bonchev–Trinajstić information content (AvgIpc) is 2.92. The number of fused-ring (bicyclic) bond motifs is 1. The topological polar surface area (TPSA) is 144 Å². The summed E-state index contributed by atoms with van der Waals surface area (Å²) in [7, 11) is 0. The number of rotatable bonds is 13. The fraction of sp³-hybridized carbons (Fsp3) is 0.286. The van der Waals surface area contributed by atoms with Crippen molar-refractivity contribution in [1.29, 1.82) is 0 Å². The maximum atomic E-state index is 12.5. The molecule has 0 aliphatic heterocycles. The van der Waals surface area contributed by atoms with Crippen LogP contribution in [0.25, 0.3) is 10.9 Å². The molecule has 3 rings (SSSR count). The number of carbonyl (C=O) groups is 3. The molecule has 0 fully saturated rings. The monoisotopic (exact) mass is 534 g/mol. The summed E-state index contributed by atoms with van der Waals surface area (Å²) in [5.74, 6) is 4.84. The summed E-state index contributed by atoms with van der Waals surface area (Å²) in [6.45, 7) is 2.45. The van der Waals surface area contributed by atoms with Crippen LogP contribution in [0, 0.1) is 11.8 Å². The standard InChI is InChI=1S/C28H30N4O5S/c1-2-3-16-37-21-11-13-22(14-12-21)38-24(28(35)32-36)10-6-7-15-30-25(33)18-20-17-19-8-4-5-9-23(19)31-26(20)27(29)34/h4-5,8-9,11-14,17,24,36H,6-7,10,15-16,18H2,1H3,(H2,29,34)(H,30,33)(H,32,35). The third-order valence-corrected chi connectivity index (χ3v) is 6.87. The molecule has 1 aromatic heterocycles. The van der Waals surface area contributed by atoms with Crippen LogP contribution in [-0.2, 0) is 16.0 Å². The second-order valence-electron chi connectivity index (χ2n) is 8.34. The van der Waals surface area contributed by atoms with Gasteiger partial charge in [-0.25, -0.2) is 10.5 Å². The zero-order chi connectivity index (χ0) is 27.3. The third kappa shape index (κ3) is 8.50. The van der Waals surface area contributed by atoms with Gasteiger partial charge in [0.05, 0.1) is 17.2 Å². The maximum Gasteiger partial charge on any atom is 0.267 e. The number of nitrogens with zero attached hydrogens (tertiary/aromatic N) is 1. The summed E-state index contributed by atoms with van der Waals surface area (Å²) < 4.78 is 5.50. The van der Waals surface area contributed by atoms with E-state index in [0.717, 1.165) is 10.3 Å². The van der Waals surface area contributed by atoms with Gasteiger partial charge in [-0.3, -0.25) is 19.6 Å². The normalized spacial score (nSPS) is 11.2. The Kier molecular flexibility index (Phi) is 11.0. The highest BCUT2D eigenvalue weighted by Crippen LogP contribution is 2.28. The third-order valence-electron chi connectivity index (χ3n) is 5.60. The van der Waals surface area contributed by atoms with Gasteiger partial charge in [0.2, 0.25) is 5.91 Å². The molecule has 1 heterocycles. The molecule has 3 amide bonds. The second kappa shape index (κ2) is 14.6. The Bertz CT molecular complexity index is 1330. The van der Waals surface area contributed by atoms with Gasteiger partial charge in [-0.2, -0.15) is 0 Å². The summed E-state index contributed by atoms with van der Waals surface area (Å²) in [6, 6.07) is 16.4. The number of amides is 3. The van der Waals surface area contributed by atoms with Gasteiger partial charge in [0.15, 0.2) is 0 Å². The number of hydrogen-bond acceptors (Lipinski definition) is 7. The van der Waals surface area contributed by atoms with Gasteiger partial charge in [0.25, 0.3) is 11.8 Å². The SMILES string of the molecule is CC#CCOc1ccc(SC(CCCCNC(=O)Cc2cc3ccccc3nc2C(N)=O)C(=O)NO)cc1. The Hall–Kier alpha value is -4.07. The maximum absolute atomic E-state index is 12.5. The van der Waals surface area contributed by atoms with Gasteiger partial charge in [-0.1, -0.05) is 30.5 Å². The second-order valence-corrected chi connectivity index (χ2v) is 9.62. The first-order chi connectivity index (χ1) is 18.4. The summed E-state index contributed by atoms with van der Waals surface area (Å²) in [4.78, 5) is 41.7. The van der Waals surface area contributed by atoms with Crippen molar-refractivity contribution >= 4 is 40.4 Å². The van der Waals surface area contributed by atoms with E-state index in [-0.39, 0.29) is 18.0 Å².